The second kappa shape index (κ2) is 12.4. The van der Waals surface area contributed by atoms with Gasteiger partial charge in [0.25, 0.3) is 0 Å². The number of unbranched alkanes of at least 4 members (excludes halogenated alkanes) is 6. The van der Waals surface area contributed by atoms with Gasteiger partial charge < -0.3 is 0 Å². The fraction of sp³-hybridized carbons (Fsp3) is 0.789. The van der Waals surface area contributed by atoms with Crippen LogP contribution in [0.3, 0.4) is 0 Å². The Kier molecular flexibility index (Phi) is 11.0. The average Bonchev–Trinajstić information content (AvgIpc) is 2.97. The lowest BCUT2D eigenvalue weighted by molar-refractivity contribution is 0.384. The Hall–Kier alpha value is -0.300. The van der Waals surface area contributed by atoms with E-state index in [9.17, 15) is 0 Å². The van der Waals surface area contributed by atoms with Crippen LogP contribution in [0.2, 0.25) is 0 Å². The number of rotatable bonds is 13. The third kappa shape index (κ3) is 8.79. The molecule has 0 spiro atoms. The molecular weight excluding hydrogens is 260 g/mol. The van der Waals surface area contributed by atoms with Crippen LogP contribution < -0.4 is 0 Å². The summed E-state index contributed by atoms with van der Waals surface area (Å²) in [6, 6.07) is 4.49. The third-order valence-electron chi connectivity index (χ3n) is 4.31. The van der Waals surface area contributed by atoms with E-state index in [1.54, 1.807) is 4.88 Å². The van der Waals surface area contributed by atoms with Crippen LogP contribution in [0.4, 0.5) is 0 Å². The van der Waals surface area contributed by atoms with Crippen molar-refractivity contribution in [1.29, 1.82) is 0 Å². The second-order valence-electron chi connectivity index (χ2n) is 6.18. The molecule has 0 amide bonds. The first-order valence-corrected chi connectivity index (χ1v) is 9.77. The van der Waals surface area contributed by atoms with Gasteiger partial charge in [-0.05, 0) is 30.2 Å². The van der Waals surface area contributed by atoms with Gasteiger partial charge in [-0.15, -0.1) is 11.3 Å². The summed E-state index contributed by atoms with van der Waals surface area (Å²) in [7, 11) is 0. The summed E-state index contributed by atoms with van der Waals surface area (Å²) in [5.41, 5.74) is 0. The zero-order valence-electron chi connectivity index (χ0n) is 13.7. The van der Waals surface area contributed by atoms with Crippen LogP contribution in [0.25, 0.3) is 0 Å². The highest BCUT2D eigenvalue weighted by Gasteiger charge is 2.09. The standard InChI is InChI=1S/C19H34S/c1-3-5-7-8-10-13-18(12-9-6-4-2)15-16-19-14-11-17-20-19/h11,14,17-18H,3-10,12-13,15-16H2,1-2H3. The highest BCUT2D eigenvalue weighted by Crippen LogP contribution is 2.24. The first-order chi connectivity index (χ1) is 9.86. The quantitative estimate of drug-likeness (QED) is 0.336. The maximum absolute atomic E-state index is 2.31. The first kappa shape index (κ1) is 17.8. The number of aryl methyl sites for hydroxylation is 1. The maximum atomic E-state index is 2.31. The Labute approximate surface area is 131 Å². The molecule has 0 saturated heterocycles. The highest BCUT2D eigenvalue weighted by molar-refractivity contribution is 7.09. The van der Waals surface area contributed by atoms with Crippen LogP contribution >= 0.6 is 11.3 Å². The van der Waals surface area contributed by atoms with Gasteiger partial charge in [-0.3, -0.25) is 0 Å². The first-order valence-electron chi connectivity index (χ1n) is 8.89. The molecule has 0 nitrogen and oxygen atoms in total. The molecule has 0 N–H and O–H groups in total. The lowest BCUT2D eigenvalue weighted by atomic mass is 9.90. The molecular formula is C19H34S. The van der Waals surface area contributed by atoms with Crippen molar-refractivity contribution in [3.63, 3.8) is 0 Å². The predicted octanol–water partition coefficient (Wildman–Crippen LogP) is 7.24. The van der Waals surface area contributed by atoms with Crippen LogP contribution in [0.1, 0.15) is 89.4 Å². The van der Waals surface area contributed by atoms with E-state index in [1.807, 2.05) is 11.3 Å². The Balaban J connectivity index is 2.19. The van der Waals surface area contributed by atoms with Gasteiger partial charge in [0.05, 0.1) is 0 Å². The smallest absolute Gasteiger partial charge is 0.00453 e. The third-order valence-corrected chi connectivity index (χ3v) is 5.25. The lowest BCUT2D eigenvalue weighted by Crippen LogP contribution is -2.02. The summed E-state index contributed by atoms with van der Waals surface area (Å²) in [5.74, 6) is 0.977. The Bertz CT molecular complexity index is 289. The van der Waals surface area contributed by atoms with E-state index in [1.165, 1.54) is 77.0 Å². The zero-order chi connectivity index (χ0) is 14.5. The van der Waals surface area contributed by atoms with Crippen molar-refractivity contribution >= 4 is 11.3 Å². The molecule has 0 aliphatic heterocycles. The van der Waals surface area contributed by atoms with Gasteiger partial charge in [-0.25, -0.2) is 0 Å². The molecule has 0 aliphatic rings. The van der Waals surface area contributed by atoms with Gasteiger partial charge in [-0.1, -0.05) is 84.1 Å². The summed E-state index contributed by atoms with van der Waals surface area (Å²) < 4.78 is 0. The summed E-state index contributed by atoms with van der Waals surface area (Å²) in [4.78, 5) is 1.58. The van der Waals surface area contributed by atoms with Crippen molar-refractivity contribution in [1.82, 2.24) is 0 Å². The van der Waals surface area contributed by atoms with E-state index >= 15 is 0 Å². The molecule has 1 rings (SSSR count). The maximum Gasteiger partial charge on any atom is 0.00453 e. The minimum Gasteiger partial charge on any atom is -0.149 e. The molecule has 116 valence electrons. The molecule has 0 radical (unpaired) electrons. The SMILES string of the molecule is CCCCCCCC(CCCCC)CCc1cccs1. The Morgan fingerprint density at radius 3 is 2.15 bits per heavy atom. The fourth-order valence-corrected chi connectivity index (χ4v) is 3.68. The topological polar surface area (TPSA) is 0 Å². The van der Waals surface area contributed by atoms with Crippen molar-refractivity contribution in [3.8, 4) is 0 Å². The van der Waals surface area contributed by atoms with Crippen LogP contribution in [-0.2, 0) is 6.42 Å². The van der Waals surface area contributed by atoms with E-state index in [0.29, 0.717) is 0 Å². The number of hydrogen-bond donors (Lipinski definition) is 0. The monoisotopic (exact) mass is 294 g/mol. The van der Waals surface area contributed by atoms with Crippen LogP contribution in [-0.4, -0.2) is 0 Å². The van der Waals surface area contributed by atoms with E-state index < -0.39 is 0 Å². The summed E-state index contributed by atoms with van der Waals surface area (Å²) in [6.45, 7) is 4.61. The number of thiophene rings is 1. The zero-order valence-corrected chi connectivity index (χ0v) is 14.5. The molecule has 0 aliphatic carbocycles. The van der Waals surface area contributed by atoms with Crippen molar-refractivity contribution in [2.45, 2.75) is 90.9 Å². The molecule has 1 aromatic rings. The summed E-state index contributed by atoms with van der Waals surface area (Å²) in [6.07, 6.45) is 17.0. The summed E-state index contributed by atoms with van der Waals surface area (Å²) >= 11 is 1.93. The van der Waals surface area contributed by atoms with Crippen molar-refractivity contribution in [2.24, 2.45) is 5.92 Å². The molecule has 0 aromatic carbocycles. The molecule has 1 unspecified atom stereocenters. The largest absolute Gasteiger partial charge is 0.149 e. The molecule has 0 fully saturated rings. The second-order valence-corrected chi connectivity index (χ2v) is 7.21. The molecule has 0 saturated carbocycles. The van der Waals surface area contributed by atoms with Gasteiger partial charge in [0.1, 0.15) is 0 Å². The van der Waals surface area contributed by atoms with E-state index in [0.717, 1.165) is 5.92 Å². The minimum atomic E-state index is 0.977. The molecule has 20 heavy (non-hydrogen) atoms. The van der Waals surface area contributed by atoms with Gasteiger partial charge >= 0.3 is 0 Å². The van der Waals surface area contributed by atoms with Gasteiger partial charge in [0.2, 0.25) is 0 Å². The molecule has 1 heteroatoms. The van der Waals surface area contributed by atoms with Crippen LogP contribution in [0.5, 0.6) is 0 Å². The normalized spacial score (nSPS) is 12.7. The molecule has 1 atom stereocenters. The van der Waals surface area contributed by atoms with Crippen molar-refractivity contribution in [2.75, 3.05) is 0 Å². The predicted molar refractivity (Wildman–Crippen MR) is 93.6 cm³/mol. The Morgan fingerprint density at radius 2 is 1.50 bits per heavy atom. The molecule has 0 bridgehead atoms. The van der Waals surface area contributed by atoms with Crippen molar-refractivity contribution in [3.05, 3.63) is 22.4 Å². The van der Waals surface area contributed by atoms with Crippen LogP contribution in [0, 0.1) is 5.92 Å². The fourth-order valence-electron chi connectivity index (χ4n) is 2.95. The Morgan fingerprint density at radius 1 is 0.850 bits per heavy atom. The van der Waals surface area contributed by atoms with E-state index in [2.05, 4.69) is 31.4 Å². The molecule has 1 heterocycles. The van der Waals surface area contributed by atoms with Gasteiger partial charge in [0, 0.05) is 4.88 Å². The minimum absolute atomic E-state index is 0.977. The summed E-state index contributed by atoms with van der Waals surface area (Å²) in [5, 5.41) is 2.21. The van der Waals surface area contributed by atoms with Crippen LogP contribution in [0.15, 0.2) is 17.5 Å². The lowest BCUT2D eigenvalue weighted by Gasteiger charge is -2.16. The van der Waals surface area contributed by atoms with Gasteiger partial charge in [-0.2, -0.15) is 0 Å². The molecule has 1 aromatic heterocycles. The number of hydrogen-bond acceptors (Lipinski definition) is 1. The van der Waals surface area contributed by atoms with E-state index in [-0.39, 0.29) is 0 Å². The highest BCUT2D eigenvalue weighted by atomic mass is 32.1. The van der Waals surface area contributed by atoms with Crippen molar-refractivity contribution < 1.29 is 0 Å². The van der Waals surface area contributed by atoms with E-state index in [4.69, 9.17) is 0 Å². The average molecular weight is 295 g/mol. The van der Waals surface area contributed by atoms with Gasteiger partial charge in [0.15, 0.2) is 0 Å².